The summed E-state index contributed by atoms with van der Waals surface area (Å²) < 4.78 is 28.4. The van der Waals surface area contributed by atoms with Gasteiger partial charge in [-0.2, -0.15) is 0 Å². The first-order valence-corrected chi connectivity index (χ1v) is 3.11. The molecule has 0 saturated carbocycles. The zero-order valence-electron chi connectivity index (χ0n) is 5.71. The van der Waals surface area contributed by atoms with E-state index in [1.807, 2.05) is 0 Å². The van der Waals surface area contributed by atoms with Crippen LogP contribution in [-0.4, -0.2) is 17.5 Å². The van der Waals surface area contributed by atoms with E-state index in [-0.39, 0.29) is 6.42 Å². The van der Waals surface area contributed by atoms with Crippen LogP contribution >= 0.6 is 0 Å². The van der Waals surface area contributed by atoms with Crippen molar-refractivity contribution in [2.45, 2.75) is 18.9 Å². The Labute approximate surface area is 62.2 Å². The molecule has 62 valence electrons. The van der Waals surface area contributed by atoms with E-state index in [1.54, 1.807) is 0 Å². The molecule has 0 spiro atoms. The number of nitrogens with two attached hydrogens (primary N) is 1. The summed E-state index contributed by atoms with van der Waals surface area (Å²) in [6.07, 6.45) is 0.0769. The van der Waals surface area contributed by atoms with Gasteiger partial charge in [-0.15, -0.1) is 0 Å². The molecule has 1 atom stereocenters. The SMILES string of the molecule is NC(Cc1cnco1)C(F)F. The van der Waals surface area contributed by atoms with Gasteiger partial charge < -0.3 is 10.2 Å². The maximum Gasteiger partial charge on any atom is 0.253 e. The van der Waals surface area contributed by atoms with Gasteiger partial charge in [-0.1, -0.05) is 0 Å². The monoisotopic (exact) mass is 162 g/mol. The molecule has 0 aliphatic rings. The van der Waals surface area contributed by atoms with Gasteiger partial charge in [-0.25, -0.2) is 13.8 Å². The molecule has 11 heavy (non-hydrogen) atoms. The van der Waals surface area contributed by atoms with Crippen molar-refractivity contribution >= 4 is 0 Å². The fraction of sp³-hybridized carbons (Fsp3) is 0.500. The van der Waals surface area contributed by atoms with Crippen LogP contribution in [0.3, 0.4) is 0 Å². The van der Waals surface area contributed by atoms with Crippen LogP contribution in [0, 0.1) is 0 Å². The fourth-order valence-electron chi connectivity index (χ4n) is 0.664. The van der Waals surface area contributed by atoms with E-state index in [0.29, 0.717) is 5.76 Å². The molecule has 1 unspecified atom stereocenters. The predicted molar refractivity (Wildman–Crippen MR) is 34.2 cm³/mol. The van der Waals surface area contributed by atoms with E-state index in [9.17, 15) is 8.78 Å². The lowest BCUT2D eigenvalue weighted by Gasteiger charge is -2.06. The number of halogens is 2. The van der Waals surface area contributed by atoms with E-state index >= 15 is 0 Å². The quantitative estimate of drug-likeness (QED) is 0.715. The maximum atomic E-state index is 11.8. The highest BCUT2D eigenvalue weighted by atomic mass is 19.3. The van der Waals surface area contributed by atoms with Crippen molar-refractivity contribution in [1.29, 1.82) is 0 Å². The van der Waals surface area contributed by atoms with E-state index in [0.717, 1.165) is 0 Å². The van der Waals surface area contributed by atoms with Crippen molar-refractivity contribution < 1.29 is 13.2 Å². The molecular formula is C6H8F2N2O. The van der Waals surface area contributed by atoms with E-state index < -0.39 is 12.5 Å². The number of nitrogens with zero attached hydrogens (tertiary/aromatic N) is 1. The van der Waals surface area contributed by atoms with Gasteiger partial charge in [-0.3, -0.25) is 0 Å². The maximum absolute atomic E-state index is 11.8. The number of oxazole rings is 1. The highest BCUT2D eigenvalue weighted by molar-refractivity contribution is 4.92. The summed E-state index contributed by atoms with van der Waals surface area (Å²) in [7, 11) is 0. The Morgan fingerprint density at radius 2 is 2.36 bits per heavy atom. The van der Waals surface area contributed by atoms with E-state index in [1.165, 1.54) is 12.6 Å². The van der Waals surface area contributed by atoms with Gasteiger partial charge in [0.15, 0.2) is 6.39 Å². The molecular weight excluding hydrogens is 154 g/mol. The molecule has 1 aromatic rings. The molecule has 0 amide bonds. The van der Waals surface area contributed by atoms with Crippen LogP contribution in [0.1, 0.15) is 5.76 Å². The molecule has 0 aromatic carbocycles. The zero-order valence-corrected chi connectivity index (χ0v) is 5.71. The Hall–Kier alpha value is -0.970. The average Bonchev–Trinajstić information content (AvgIpc) is 2.39. The standard InChI is InChI=1S/C6H8F2N2O/c7-6(8)5(9)1-4-2-10-3-11-4/h2-3,5-6H,1,9H2. The summed E-state index contributed by atoms with van der Waals surface area (Å²) in [6, 6.07) is -1.16. The topological polar surface area (TPSA) is 52.0 Å². The Kier molecular flexibility index (Phi) is 2.53. The first-order chi connectivity index (χ1) is 5.20. The Bertz CT molecular complexity index is 200. The fourth-order valence-corrected chi connectivity index (χ4v) is 0.664. The molecule has 0 radical (unpaired) electrons. The molecule has 5 heteroatoms. The lowest BCUT2D eigenvalue weighted by atomic mass is 10.2. The molecule has 1 rings (SSSR count). The molecule has 0 bridgehead atoms. The van der Waals surface area contributed by atoms with Crippen molar-refractivity contribution in [2.75, 3.05) is 0 Å². The third kappa shape index (κ3) is 2.27. The largest absolute Gasteiger partial charge is 0.448 e. The molecule has 0 aliphatic heterocycles. The third-order valence-electron chi connectivity index (χ3n) is 1.24. The number of hydrogen-bond donors (Lipinski definition) is 1. The van der Waals surface area contributed by atoms with Gasteiger partial charge in [-0.05, 0) is 0 Å². The third-order valence-corrected chi connectivity index (χ3v) is 1.24. The first-order valence-electron chi connectivity index (χ1n) is 3.11. The normalized spacial score (nSPS) is 13.8. The predicted octanol–water partition coefficient (Wildman–Crippen LogP) is 0.809. The second-order valence-corrected chi connectivity index (χ2v) is 2.17. The second kappa shape index (κ2) is 3.43. The van der Waals surface area contributed by atoms with Crippen molar-refractivity contribution in [1.82, 2.24) is 4.98 Å². The van der Waals surface area contributed by atoms with Crippen LogP contribution in [-0.2, 0) is 6.42 Å². The van der Waals surface area contributed by atoms with Gasteiger partial charge in [0.2, 0.25) is 0 Å². The number of alkyl halides is 2. The minimum Gasteiger partial charge on any atom is -0.448 e. The van der Waals surface area contributed by atoms with Crippen LogP contribution in [0.25, 0.3) is 0 Å². The number of rotatable bonds is 3. The lowest BCUT2D eigenvalue weighted by molar-refractivity contribution is 0.113. The van der Waals surface area contributed by atoms with E-state index in [2.05, 4.69) is 4.98 Å². The van der Waals surface area contributed by atoms with Crippen LogP contribution in [0.2, 0.25) is 0 Å². The molecule has 0 saturated heterocycles. The highest BCUT2D eigenvalue weighted by Gasteiger charge is 2.16. The Morgan fingerprint density at radius 3 is 2.82 bits per heavy atom. The molecule has 0 fully saturated rings. The van der Waals surface area contributed by atoms with Gasteiger partial charge in [0.1, 0.15) is 5.76 Å². The zero-order chi connectivity index (χ0) is 8.27. The number of aromatic nitrogens is 1. The molecule has 2 N–H and O–H groups in total. The Morgan fingerprint density at radius 1 is 1.64 bits per heavy atom. The molecule has 1 aromatic heterocycles. The molecule has 0 aliphatic carbocycles. The van der Waals surface area contributed by atoms with E-state index in [4.69, 9.17) is 10.2 Å². The summed E-state index contributed by atoms with van der Waals surface area (Å²) in [5, 5.41) is 0. The minimum absolute atomic E-state index is 0.0255. The van der Waals surface area contributed by atoms with Gasteiger partial charge in [0.25, 0.3) is 6.43 Å². The van der Waals surface area contributed by atoms with Crippen molar-refractivity contribution in [3.8, 4) is 0 Å². The lowest BCUT2D eigenvalue weighted by Crippen LogP contribution is -2.30. The number of hydrogen-bond acceptors (Lipinski definition) is 3. The van der Waals surface area contributed by atoms with Crippen LogP contribution in [0.4, 0.5) is 8.78 Å². The summed E-state index contributed by atoms with van der Waals surface area (Å²) in [5.41, 5.74) is 5.07. The first kappa shape index (κ1) is 8.13. The minimum atomic E-state index is -2.51. The smallest absolute Gasteiger partial charge is 0.253 e. The second-order valence-electron chi connectivity index (χ2n) is 2.17. The highest BCUT2D eigenvalue weighted by Crippen LogP contribution is 2.06. The summed E-state index contributed by atoms with van der Waals surface area (Å²) >= 11 is 0. The Balaban J connectivity index is 2.43. The van der Waals surface area contributed by atoms with Crippen molar-refractivity contribution in [3.05, 3.63) is 18.4 Å². The van der Waals surface area contributed by atoms with Gasteiger partial charge in [0, 0.05) is 6.42 Å². The summed E-state index contributed by atoms with van der Waals surface area (Å²) in [5.74, 6) is 0.387. The molecule has 1 heterocycles. The molecule has 3 nitrogen and oxygen atoms in total. The summed E-state index contributed by atoms with van der Waals surface area (Å²) in [4.78, 5) is 3.57. The van der Waals surface area contributed by atoms with Crippen molar-refractivity contribution in [3.63, 3.8) is 0 Å². The van der Waals surface area contributed by atoms with Crippen LogP contribution in [0.5, 0.6) is 0 Å². The van der Waals surface area contributed by atoms with Gasteiger partial charge in [0.05, 0.1) is 12.2 Å². The average molecular weight is 162 g/mol. The van der Waals surface area contributed by atoms with Gasteiger partial charge >= 0.3 is 0 Å². The summed E-state index contributed by atoms with van der Waals surface area (Å²) in [6.45, 7) is 0. The van der Waals surface area contributed by atoms with Crippen LogP contribution < -0.4 is 5.73 Å². The van der Waals surface area contributed by atoms with Crippen molar-refractivity contribution in [2.24, 2.45) is 5.73 Å². The van der Waals surface area contributed by atoms with Crippen LogP contribution in [0.15, 0.2) is 17.0 Å².